The molecule has 7 heteroatoms. The summed E-state index contributed by atoms with van der Waals surface area (Å²) in [4.78, 5) is 12.1. The SMILES string of the molecule is CCc1ccc(NC(=O)CCN(Cc2ccccc2F)S(C)(=O)=O)cc1. The number of rotatable bonds is 8. The summed E-state index contributed by atoms with van der Waals surface area (Å²) in [6, 6.07) is 13.5. The molecule has 0 atom stereocenters. The number of anilines is 1. The van der Waals surface area contributed by atoms with Crippen molar-refractivity contribution in [3.63, 3.8) is 0 Å². The van der Waals surface area contributed by atoms with Gasteiger partial charge in [-0.1, -0.05) is 37.3 Å². The summed E-state index contributed by atoms with van der Waals surface area (Å²) in [5, 5.41) is 2.74. The lowest BCUT2D eigenvalue weighted by atomic mass is 10.1. The average molecular weight is 378 g/mol. The van der Waals surface area contributed by atoms with Crippen molar-refractivity contribution in [3.05, 3.63) is 65.5 Å². The van der Waals surface area contributed by atoms with Gasteiger partial charge in [0.15, 0.2) is 0 Å². The molecule has 0 saturated carbocycles. The molecule has 0 heterocycles. The number of carbonyl (C=O) groups excluding carboxylic acids is 1. The van der Waals surface area contributed by atoms with Crippen LogP contribution in [-0.2, 0) is 27.8 Å². The Hall–Kier alpha value is -2.25. The minimum Gasteiger partial charge on any atom is -0.326 e. The Balaban J connectivity index is 1.98. The molecule has 0 bridgehead atoms. The Bertz CT molecular complexity index is 851. The normalized spacial score (nSPS) is 11.5. The molecule has 1 amide bonds. The fraction of sp³-hybridized carbons (Fsp3) is 0.316. The number of hydrogen-bond acceptors (Lipinski definition) is 3. The third kappa shape index (κ3) is 5.93. The second kappa shape index (κ2) is 8.91. The number of aryl methyl sites for hydroxylation is 1. The maximum absolute atomic E-state index is 13.8. The van der Waals surface area contributed by atoms with Crippen LogP contribution in [0.2, 0.25) is 0 Å². The van der Waals surface area contributed by atoms with Gasteiger partial charge in [-0.2, -0.15) is 4.31 Å². The molecule has 0 unspecified atom stereocenters. The zero-order chi connectivity index (χ0) is 19.2. The molecule has 0 aliphatic rings. The first-order valence-electron chi connectivity index (χ1n) is 8.37. The summed E-state index contributed by atoms with van der Waals surface area (Å²) in [6.07, 6.45) is 1.94. The Kier molecular flexibility index (Phi) is 6.88. The molecular formula is C19H23FN2O3S. The number of amides is 1. The van der Waals surface area contributed by atoms with Gasteiger partial charge in [-0.05, 0) is 30.2 Å². The smallest absolute Gasteiger partial charge is 0.225 e. The van der Waals surface area contributed by atoms with Crippen molar-refractivity contribution in [3.8, 4) is 0 Å². The van der Waals surface area contributed by atoms with Crippen LogP contribution in [0.15, 0.2) is 48.5 Å². The van der Waals surface area contributed by atoms with Crippen LogP contribution in [0, 0.1) is 5.82 Å². The van der Waals surface area contributed by atoms with Crippen LogP contribution in [0.5, 0.6) is 0 Å². The molecule has 0 saturated heterocycles. The van der Waals surface area contributed by atoms with E-state index in [-0.39, 0.29) is 31.0 Å². The molecule has 2 aromatic carbocycles. The van der Waals surface area contributed by atoms with E-state index in [4.69, 9.17) is 0 Å². The average Bonchev–Trinajstić information content (AvgIpc) is 2.59. The number of halogens is 1. The molecule has 0 aromatic heterocycles. The molecule has 2 rings (SSSR count). The number of hydrogen-bond donors (Lipinski definition) is 1. The molecule has 0 radical (unpaired) electrons. The van der Waals surface area contributed by atoms with Gasteiger partial charge in [0.2, 0.25) is 15.9 Å². The van der Waals surface area contributed by atoms with Crippen LogP contribution in [0.3, 0.4) is 0 Å². The summed E-state index contributed by atoms with van der Waals surface area (Å²) in [6.45, 7) is 1.92. The number of sulfonamides is 1. The van der Waals surface area contributed by atoms with Crippen molar-refractivity contribution in [2.45, 2.75) is 26.3 Å². The quantitative estimate of drug-likeness (QED) is 0.767. The van der Waals surface area contributed by atoms with Gasteiger partial charge in [0.05, 0.1) is 6.26 Å². The van der Waals surface area contributed by atoms with E-state index in [1.54, 1.807) is 12.1 Å². The predicted octanol–water partition coefficient (Wildman–Crippen LogP) is 3.18. The van der Waals surface area contributed by atoms with Crippen molar-refractivity contribution >= 4 is 21.6 Å². The zero-order valence-corrected chi connectivity index (χ0v) is 15.7. The van der Waals surface area contributed by atoms with Gasteiger partial charge >= 0.3 is 0 Å². The van der Waals surface area contributed by atoms with E-state index in [1.807, 2.05) is 31.2 Å². The first kappa shape index (κ1) is 20.1. The minimum atomic E-state index is -3.57. The Morgan fingerprint density at radius 1 is 1.12 bits per heavy atom. The van der Waals surface area contributed by atoms with Crippen molar-refractivity contribution in [2.24, 2.45) is 0 Å². The highest BCUT2D eigenvalue weighted by molar-refractivity contribution is 7.88. The lowest BCUT2D eigenvalue weighted by Gasteiger charge is -2.20. The molecule has 1 N–H and O–H groups in total. The first-order chi connectivity index (χ1) is 12.3. The Labute approximate surface area is 153 Å². The summed E-state index contributed by atoms with van der Waals surface area (Å²) >= 11 is 0. The third-order valence-electron chi connectivity index (χ3n) is 4.01. The van der Waals surface area contributed by atoms with E-state index in [2.05, 4.69) is 5.32 Å². The molecule has 5 nitrogen and oxygen atoms in total. The topological polar surface area (TPSA) is 66.5 Å². The van der Waals surface area contributed by atoms with Gasteiger partial charge in [-0.3, -0.25) is 4.79 Å². The Morgan fingerprint density at radius 2 is 1.77 bits per heavy atom. The van der Waals surface area contributed by atoms with Crippen LogP contribution in [0.1, 0.15) is 24.5 Å². The van der Waals surface area contributed by atoms with E-state index in [0.29, 0.717) is 5.69 Å². The van der Waals surface area contributed by atoms with Crippen LogP contribution >= 0.6 is 0 Å². The summed E-state index contributed by atoms with van der Waals surface area (Å²) in [5.74, 6) is -0.766. The van der Waals surface area contributed by atoms with E-state index >= 15 is 0 Å². The standard InChI is InChI=1S/C19H23FN2O3S/c1-3-15-8-10-17(11-9-15)21-19(23)12-13-22(26(2,24)25)14-16-6-4-5-7-18(16)20/h4-11H,3,12-14H2,1-2H3,(H,21,23). The molecule has 0 aliphatic carbocycles. The van der Waals surface area contributed by atoms with E-state index < -0.39 is 15.8 Å². The lowest BCUT2D eigenvalue weighted by molar-refractivity contribution is -0.116. The molecule has 0 spiro atoms. The van der Waals surface area contributed by atoms with Gasteiger partial charge in [0, 0.05) is 30.8 Å². The predicted molar refractivity (Wildman–Crippen MR) is 101 cm³/mol. The van der Waals surface area contributed by atoms with E-state index in [0.717, 1.165) is 22.5 Å². The fourth-order valence-corrected chi connectivity index (χ4v) is 3.25. The fourth-order valence-electron chi connectivity index (χ4n) is 2.45. The Morgan fingerprint density at radius 3 is 2.35 bits per heavy atom. The molecule has 140 valence electrons. The maximum atomic E-state index is 13.8. The van der Waals surface area contributed by atoms with Gasteiger partial charge < -0.3 is 5.32 Å². The van der Waals surface area contributed by atoms with Crippen molar-refractivity contribution in [1.82, 2.24) is 4.31 Å². The highest BCUT2D eigenvalue weighted by Crippen LogP contribution is 2.14. The number of nitrogens with one attached hydrogen (secondary N) is 1. The van der Waals surface area contributed by atoms with Crippen LogP contribution < -0.4 is 5.32 Å². The second-order valence-corrected chi connectivity index (χ2v) is 8.02. The molecule has 0 aliphatic heterocycles. The van der Waals surface area contributed by atoms with Crippen molar-refractivity contribution < 1.29 is 17.6 Å². The highest BCUT2D eigenvalue weighted by Gasteiger charge is 2.19. The van der Waals surface area contributed by atoms with Gasteiger partial charge in [-0.15, -0.1) is 0 Å². The number of nitrogens with zero attached hydrogens (tertiary/aromatic N) is 1. The van der Waals surface area contributed by atoms with Gasteiger partial charge in [-0.25, -0.2) is 12.8 Å². The second-order valence-electron chi connectivity index (χ2n) is 6.04. The summed E-state index contributed by atoms with van der Waals surface area (Å²) < 4.78 is 38.8. The molecule has 2 aromatic rings. The van der Waals surface area contributed by atoms with Gasteiger partial charge in [0.1, 0.15) is 5.82 Å². The molecule has 0 fully saturated rings. The highest BCUT2D eigenvalue weighted by atomic mass is 32.2. The van der Waals surface area contributed by atoms with Crippen LogP contribution in [-0.4, -0.2) is 31.4 Å². The van der Waals surface area contributed by atoms with Crippen LogP contribution in [0.25, 0.3) is 0 Å². The van der Waals surface area contributed by atoms with Crippen molar-refractivity contribution in [2.75, 3.05) is 18.1 Å². The van der Waals surface area contributed by atoms with Crippen LogP contribution in [0.4, 0.5) is 10.1 Å². The molecule has 26 heavy (non-hydrogen) atoms. The first-order valence-corrected chi connectivity index (χ1v) is 10.2. The number of benzene rings is 2. The zero-order valence-electron chi connectivity index (χ0n) is 14.9. The lowest BCUT2D eigenvalue weighted by Crippen LogP contribution is -2.32. The van der Waals surface area contributed by atoms with E-state index in [1.165, 1.54) is 12.1 Å². The third-order valence-corrected chi connectivity index (χ3v) is 5.26. The summed E-state index contributed by atoms with van der Waals surface area (Å²) in [7, 11) is -3.57. The number of carbonyl (C=O) groups is 1. The largest absolute Gasteiger partial charge is 0.326 e. The minimum absolute atomic E-state index is 0.0168. The van der Waals surface area contributed by atoms with Crippen molar-refractivity contribution in [1.29, 1.82) is 0 Å². The van der Waals surface area contributed by atoms with Gasteiger partial charge in [0.25, 0.3) is 0 Å². The summed E-state index contributed by atoms with van der Waals surface area (Å²) in [5.41, 5.74) is 2.09. The monoisotopic (exact) mass is 378 g/mol. The van der Waals surface area contributed by atoms with E-state index in [9.17, 15) is 17.6 Å². The molecular weight excluding hydrogens is 355 g/mol. The maximum Gasteiger partial charge on any atom is 0.225 e.